The molecule has 27 heavy (non-hydrogen) atoms. The minimum atomic E-state index is -0.568. The molecular weight excluding hydrogens is 364 g/mol. The Kier molecular flexibility index (Phi) is 4.95. The third kappa shape index (κ3) is 2.87. The summed E-state index contributed by atoms with van der Waals surface area (Å²) in [6, 6.07) is 8.83. The summed E-state index contributed by atoms with van der Waals surface area (Å²) in [5.41, 5.74) is 3.96. The lowest BCUT2D eigenvalue weighted by Gasteiger charge is -2.50. The molecule has 0 unspecified atom stereocenters. The molecule has 146 valence electrons. The normalized spacial score (nSPS) is 32.7. The number of benzene rings is 1. The number of methoxy groups -OCH3 is 1. The predicted octanol–water partition coefficient (Wildman–Crippen LogP) is -0.349. The van der Waals surface area contributed by atoms with Crippen molar-refractivity contribution in [3.05, 3.63) is 35.5 Å². The van der Waals surface area contributed by atoms with Crippen molar-refractivity contribution in [2.75, 3.05) is 20.2 Å². The molecule has 0 bridgehead atoms. The van der Waals surface area contributed by atoms with Gasteiger partial charge in [-0.15, -0.1) is 0 Å². The van der Waals surface area contributed by atoms with Crippen LogP contribution < -0.4 is 12.4 Å². The second-order valence-electron chi connectivity index (χ2n) is 8.18. The first-order valence-corrected chi connectivity index (χ1v) is 9.76. The van der Waals surface area contributed by atoms with Gasteiger partial charge in [0.2, 0.25) is 0 Å². The molecule has 2 fully saturated rings. The molecule has 2 aliphatic heterocycles. The number of halogens is 1. The molecule has 5 rings (SSSR count). The van der Waals surface area contributed by atoms with Crippen LogP contribution in [-0.2, 0) is 16.0 Å². The second kappa shape index (κ2) is 7.12. The van der Waals surface area contributed by atoms with Crippen molar-refractivity contribution in [2.45, 2.75) is 37.8 Å². The first-order chi connectivity index (χ1) is 12.7. The van der Waals surface area contributed by atoms with E-state index in [9.17, 15) is 9.90 Å². The highest BCUT2D eigenvalue weighted by atomic mass is 35.5. The number of hydrogen-bond donors (Lipinski definition) is 2. The Labute approximate surface area is 165 Å². The number of para-hydroxylation sites is 1. The van der Waals surface area contributed by atoms with Crippen LogP contribution in [0.4, 0.5) is 0 Å². The second-order valence-corrected chi connectivity index (χ2v) is 8.18. The number of aliphatic hydroxyl groups excluding tert-OH is 1. The number of carbonyl (C=O) groups is 1. The molecule has 3 aliphatic rings. The molecule has 0 amide bonds. The van der Waals surface area contributed by atoms with Gasteiger partial charge >= 0.3 is 5.97 Å². The van der Waals surface area contributed by atoms with Gasteiger partial charge in [-0.2, -0.15) is 0 Å². The van der Waals surface area contributed by atoms with E-state index in [1.54, 1.807) is 0 Å². The summed E-state index contributed by atoms with van der Waals surface area (Å²) in [7, 11) is 1.43. The van der Waals surface area contributed by atoms with Crippen LogP contribution in [0.5, 0.6) is 0 Å². The van der Waals surface area contributed by atoms with Crippen LogP contribution in [0.3, 0.4) is 0 Å². The van der Waals surface area contributed by atoms with Gasteiger partial charge in [-0.3, -0.25) is 9.69 Å². The quantitative estimate of drug-likeness (QED) is 0.654. The molecule has 5 atom stereocenters. The molecule has 5 nitrogen and oxygen atoms in total. The zero-order chi connectivity index (χ0) is 17.8. The Hall–Kier alpha value is -1.56. The molecule has 1 aromatic heterocycles. The van der Waals surface area contributed by atoms with Crippen molar-refractivity contribution in [2.24, 2.45) is 17.8 Å². The number of rotatable bonds is 1. The maximum Gasteiger partial charge on any atom is 0.311 e. The average molecular weight is 390 g/mol. The van der Waals surface area contributed by atoms with Gasteiger partial charge in [-0.25, -0.2) is 0 Å². The lowest BCUT2D eigenvalue weighted by Crippen LogP contribution is -3.00. The van der Waals surface area contributed by atoms with Crippen molar-refractivity contribution in [3.8, 4) is 0 Å². The molecule has 2 aromatic rings. The van der Waals surface area contributed by atoms with E-state index in [-0.39, 0.29) is 30.2 Å². The third-order valence-corrected chi connectivity index (χ3v) is 7.02. The van der Waals surface area contributed by atoms with Crippen LogP contribution in [0, 0.1) is 17.8 Å². The fourth-order valence-electron chi connectivity index (χ4n) is 5.80. The zero-order valence-electron chi connectivity index (χ0n) is 15.5. The molecule has 0 spiro atoms. The van der Waals surface area contributed by atoms with Crippen molar-refractivity contribution < 1.29 is 27.0 Å². The van der Waals surface area contributed by atoms with Gasteiger partial charge in [0.1, 0.15) is 0 Å². The summed E-state index contributed by atoms with van der Waals surface area (Å²) < 4.78 is 5.04. The molecule has 2 N–H and O–H groups in total. The average Bonchev–Trinajstić information content (AvgIpc) is 3.05. The molecule has 1 aliphatic carbocycles. The topological polar surface area (TPSA) is 65.6 Å². The number of H-pyrrole nitrogens is 1. The highest BCUT2D eigenvalue weighted by Gasteiger charge is 2.49. The van der Waals surface area contributed by atoms with E-state index in [0.717, 1.165) is 32.4 Å². The molecule has 3 heterocycles. The van der Waals surface area contributed by atoms with E-state index < -0.39 is 6.10 Å². The van der Waals surface area contributed by atoms with E-state index in [0.29, 0.717) is 18.4 Å². The highest BCUT2D eigenvalue weighted by Crippen LogP contribution is 2.49. The number of nitrogens with one attached hydrogen (secondary N) is 1. The summed E-state index contributed by atoms with van der Waals surface area (Å²) in [5, 5.41) is 11.8. The summed E-state index contributed by atoms with van der Waals surface area (Å²) in [4.78, 5) is 18.6. The van der Waals surface area contributed by atoms with E-state index in [4.69, 9.17) is 4.74 Å². The van der Waals surface area contributed by atoms with Gasteiger partial charge in [0.05, 0.1) is 25.2 Å². The van der Waals surface area contributed by atoms with Crippen molar-refractivity contribution in [3.63, 3.8) is 0 Å². The molecule has 0 radical (unpaired) electrons. The first-order valence-electron chi connectivity index (χ1n) is 9.76. The van der Waals surface area contributed by atoms with Gasteiger partial charge in [-0.05, 0) is 49.1 Å². The number of carbonyl (C=O) groups excluding carboxylic acids is 1. The van der Waals surface area contributed by atoms with E-state index >= 15 is 0 Å². The number of esters is 1. The largest absolute Gasteiger partial charge is 1.00 e. The first kappa shape index (κ1) is 18.8. The van der Waals surface area contributed by atoms with Crippen LogP contribution in [0.15, 0.2) is 24.3 Å². The number of nitrogens with zero attached hydrogens (tertiary/aromatic N) is 1. The van der Waals surface area contributed by atoms with Crippen molar-refractivity contribution in [1.82, 2.24) is 9.88 Å². The summed E-state index contributed by atoms with van der Waals surface area (Å²) >= 11 is 0. The number of piperidine rings is 1. The maximum atomic E-state index is 12.4. The Morgan fingerprint density at radius 2 is 2.11 bits per heavy atom. The number of hydrogen-bond acceptors (Lipinski definition) is 4. The number of aromatic nitrogens is 1. The molecular formula is C21H26ClN2O3-. The summed E-state index contributed by atoms with van der Waals surface area (Å²) in [6.07, 6.45) is 3.14. The lowest BCUT2D eigenvalue weighted by molar-refractivity contribution is -0.160. The zero-order valence-corrected chi connectivity index (χ0v) is 16.3. The predicted molar refractivity (Wildman–Crippen MR) is 98.7 cm³/mol. The Morgan fingerprint density at radius 1 is 1.30 bits per heavy atom. The smallest absolute Gasteiger partial charge is 0.311 e. The molecule has 1 saturated heterocycles. The van der Waals surface area contributed by atoms with Crippen molar-refractivity contribution >= 4 is 16.9 Å². The van der Waals surface area contributed by atoms with Gasteiger partial charge < -0.3 is 27.2 Å². The SMILES string of the molecule is COC(=O)[C@H]1[C@H]2C[C@H]3c4[nH]c5ccccc5c4CCN3C[C@H]2CC[C@@H]1O.[Cl-]. The molecule has 1 aromatic carbocycles. The van der Waals surface area contributed by atoms with Crippen LogP contribution >= 0.6 is 0 Å². The lowest BCUT2D eigenvalue weighted by atomic mass is 9.65. The number of fused-ring (bicyclic) bond motifs is 6. The maximum absolute atomic E-state index is 12.4. The molecule has 1 saturated carbocycles. The van der Waals surface area contributed by atoms with E-state index in [1.807, 2.05) is 0 Å². The van der Waals surface area contributed by atoms with Gasteiger partial charge in [0.25, 0.3) is 0 Å². The Bertz CT molecular complexity index is 851. The van der Waals surface area contributed by atoms with Crippen LogP contribution in [0.1, 0.15) is 36.6 Å². The highest BCUT2D eigenvalue weighted by molar-refractivity contribution is 5.85. The van der Waals surface area contributed by atoms with Gasteiger partial charge in [-0.1, -0.05) is 18.2 Å². The fraction of sp³-hybridized carbons (Fsp3) is 0.571. The number of ether oxygens (including phenoxy) is 1. The minimum absolute atomic E-state index is 0. The minimum Gasteiger partial charge on any atom is -1.00 e. The fourth-order valence-corrected chi connectivity index (χ4v) is 5.80. The van der Waals surface area contributed by atoms with Gasteiger partial charge in [0.15, 0.2) is 0 Å². The Balaban J connectivity index is 0.00000180. The third-order valence-electron chi connectivity index (χ3n) is 7.02. The monoisotopic (exact) mass is 389 g/mol. The number of aromatic amines is 1. The van der Waals surface area contributed by atoms with Crippen LogP contribution in [0.25, 0.3) is 10.9 Å². The van der Waals surface area contributed by atoms with E-state index in [1.165, 1.54) is 29.3 Å². The number of aliphatic hydroxyl groups is 1. The summed E-state index contributed by atoms with van der Waals surface area (Å²) in [5.74, 6) is 0.0541. The van der Waals surface area contributed by atoms with Crippen LogP contribution in [0.2, 0.25) is 0 Å². The van der Waals surface area contributed by atoms with Crippen molar-refractivity contribution in [1.29, 1.82) is 0 Å². The van der Waals surface area contributed by atoms with Gasteiger partial charge in [0, 0.05) is 29.7 Å². The van der Waals surface area contributed by atoms with Crippen LogP contribution in [-0.4, -0.2) is 47.3 Å². The Morgan fingerprint density at radius 3 is 2.93 bits per heavy atom. The van der Waals surface area contributed by atoms with E-state index in [2.05, 4.69) is 34.1 Å². The summed E-state index contributed by atoms with van der Waals surface area (Å²) in [6.45, 7) is 2.10. The standard InChI is InChI=1S/C21H26N2O3.ClH/c1-26-21(25)19-15-10-17-20-14(13-4-2-3-5-16(13)22-20)8-9-23(17)11-12(15)6-7-18(19)24;/h2-5,12,15,17-19,22,24H,6-11H2,1H3;1H/p-1/t12-,15+,17+,18+,19+;/m1./s1. The molecule has 6 heteroatoms.